The van der Waals surface area contributed by atoms with Crippen molar-refractivity contribution in [2.45, 2.75) is 32.8 Å². The number of carbonyl (C=O) groups is 4. The molecule has 1 atom stereocenters. The highest BCUT2D eigenvalue weighted by molar-refractivity contribution is 8.00. The minimum atomic E-state index is -0.883. The Bertz CT molecular complexity index is 439. The molecule has 0 saturated heterocycles. The lowest BCUT2D eigenvalue weighted by Gasteiger charge is -2.17. The van der Waals surface area contributed by atoms with Crippen molar-refractivity contribution in [3.63, 3.8) is 0 Å². The molecular formula is C15H24O9S. The minimum absolute atomic E-state index is 0.0581. The second-order valence-corrected chi connectivity index (χ2v) is 5.61. The quantitative estimate of drug-likeness (QED) is 0.346. The molecule has 9 nitrogen and oxygen atoms in total. The van der Waals surface area contributed by atoms with E-state index in [2.05, 4.69) is 4.74 Å². The molecular weight excluding hydrogens is 356 g/mol. The average Bonchev–Trinajstić information content (AvgIpc) is 2.61. The Morgan fingerprint density at radius 2 is 1.36 bits per heavy atom. The third-order valence-corrected chi connectivity index (χ3v) is 3.41. The molecule has 0 bridgehead atoms. The summed E-state index contributed by atoms with van der Waals surface area (Å²) in [5.74, 6) is -2.28. The van der Waals surface area contributed by atoms with Crippen molar-refractivity contribution in [1.29, 1.82) is 0 Å². The molecule has 0 aromatic carbocycles. The van der Waals surface area contributed by atoms with E-state index in [0.29, 0.717) is 0 Å². The number of rotatable bonds is 13. The van der Waals surface area contributed by atoms with Crippen LogP contribution < -0.4 is 0 Å². The highest BCUT2D eigenvalue weighted by atomic mass is 32.2. The number of aliphatic hydroxyl groups excluding tert-OH is 1. The van der Waals surface area contributed by atoms with Gasteiger partial charge in [-0.2, -0.15) is 0 Å². The predicted molar refractivity (Wildman–Crippen MR) is 87.7 cm³/mol. The molecule has 0 saturated carbocycles. The molecule has 0 radical (unpaired) electrons. The first-order chi connectivity index (χ1) is 11.9. The Balaban J connectivity index is 4.14. The molecule has 0 fully saturated rings. The van der Waals surface area contributed by atoms with E-state index in [-0.39, 0.29) is 50.8 Å². The van der Waals surface area contributed by atoms with E-state index in [1.165, 1.54) is 0 Å². The maximum atomic E-state index is 11.6. The van der Waals surface area contributed by atoms with Gasteiger partial charge < -0.3 is 24.1 Å². The summed E-state index contributed by atoms with van der Waals surface area (Å²) in [4.78, 5) is 45.3. The Labute approximate surface area is 150 Å². The SMILES string of the molecule is CCC(=O)OCC(COC(=O)CSCC(=O)OCCO)OC(=O)CC. The standard InChI is InChI=1S/C15H24O9S/c1-3-12(17)22-7-11(24-13(18)4-2)8-23-15(20)10-25-9-14(19)21-6-5-16/h11,16H,3-10H2,1-2H3. The van der Waals surface area contributed by atoms with Crippen LogP contribution in [0.1, 0.15) is 26.7 Å². The summed E-state index contributed by atoms with van der Waals surface area (Å²) in [7, 11) is 0. The molecule has 0 aromatic heterocycles. The number of hydrogen-bond acceptors (Lipinski definition) is 10. The van der Waals surface area contributed by atoms with E-state index in [1.54, 1.807) is 13.8 Å². The largest absolute Gasteiger partial charge is 0.463 e. The van der Waals surface area contributed by atoms with Gasteiger partial charge in [0.25, 0.3) is 0 Å². The highest BCUT2D eigenvalue weighted by Gasteiger charge is 2.18. The monoisotopic (exact) mass is 380 g/mol. The van der Waals surface area contributed by atoms with Crippen molar-refractivity contribution in [3.8, 4) is 0 Å². The third kappa shape index (κ3) is 13.2. The normalized spacial score (nSPS) is 11.3. The van der Waals surface area contributed by atoms with Crippen molar-refractivity contribution in [1.82, 2.24) is 0 Å². The molecule has 0 aromatic rings. The van der Waals surface area contributed by atoms with Crippen molar-refractivity contribution in [3.05, 3.63) is 0 Å². The fourth-order valence-corrected chi connectivity index (χ4v) is 1.92. The fourth-order valence-electron chi connectivity index (χ4n) is 1.32. The summed E-state index contributed by atoms with van der Waals surface area (Å²) in [6.07, 6.45) is -0.568. The van der Waals surface area contributed by atoms with E-state index < -0.39 is 30.0 Å². The van der Waals surface area contributed by atoms with Gasteiger partial charge in [0.15, 0.2) is 6.10 Å². The zero-order chi connectivity index (χ0) is 19.1. The van der Waals surface area contributed by atoms with Crippen molar-refractivity contribution >= 4 is 35.6 Å². The van der Waals surface area contributed by atoms with Crippen LogP contribution in [-0.4, -0.2) is 73.0 Å². The summed E-state index contributed by atoms with van der Waals surface area (Å²) in [5, 5.41) is 8.50. The summed E-state index contributed by atoms with van der Waals surface area (Å²) >= 11 is 0.988. The number of ether oxygens (including phenoxy) is 4. The Kier molecular flexibility index (Phi) is 13.5. The van der Waals surface area contributed by atoms with Crippen LogP contribution in [0.2, 0.25) is 0 Å². The molecule has 1 N–H and O–H groups in total. The number of carbonyl (C=O) groups excluding carboxylic acids is 4. The first-order valence-electron chi connectivity index (χ1n) is 7.77. The van der Waals surface area contributed by atoms with E-state index in [1.807, 2.05) is 0 Å². The molecule has 0 rings (SSSR count). The van der Waals surface area contributed by atoms with Crippen LogP contribution in [0.15, 0.2) is 0 Å². The van der Waals surface area contributed by atoms with Crippen molar-refractivity contribution < 1.29 is 43.2 Å². The van der Waals surface area contributed by atoms with E-state index in [0.717, 1.165) is 11.8 Å². The first kappa shape index (κ1) is 23.2. The predicted octanol–water partition coefficient (Wildman–Crippen LogP) is 0.0733. The number of esters is 4. The summed E-state index contributed by atoms with van der Waals surface area (Å²) in [6, 6.07) is 0. The summed E-state index contributed by atoms with van der Waals surface area (Å²) in [6.45, 7) is 2.42. The van der Waals surface area contributed by atoms with Gasteiger partial charge >= 0.3 is 23.9 Å². The van der Waals surface area contributed by atoms with Crippen LogP contribution in [0.25, 0.3) is 0 Å². The van der Waals surface area contributed by atoms with Gasteiger partial charge in [0, 0.05) is 12.8 Å². The van der Waals surface area contributed by atoms with Crippen molar-refractivity contribution in [2.24, 2.45) is 0 Å². The number of aliphatic hydroxyl groups is 1. The molecule has 0 aliphatic carbocycles. The van der Waals surface area contributed by atoms with Crippen LogP contribution in [-0.2, 0) is 38.1 Å². The molecule has 1 unspecified atom stereocenters. The summed E-state index contributed by atoms with van der Waals surface area (Å²) < 4.78 is 19.5. The van der Waals surface area contributed by atoms with E-state index in [4.69, 9.17) is 19.3 Å². The zero-order valence-electron chi connectivity index (χ0n) is 14.4. The van der Waals surface area contributed by atoms with Gasteiger partial charge in [0.05, 0.1) is 18.1 Å². The van der Waals surface area contributed by atoms with Crippen molar-refractivity contribution in [2.75, 3.05) is 37.9 Å². The minimum Gasteiger partial charge on any atom is -0.463 e. The van der Waals surface area contributed by atoms with Crippen LogP contribution in [0.3, 0.4) is 0 Å². The Morgan fingerprint density at radius 3 is 1.88 bits per heavy atom. The maximum absolute atomic E-state index is 11.6. The molecule has 25 heavy (non-hydrogen) atoms. The molecule has 144 valence electrons. The average molecular weight is 380 g/mol. The first-order valence-corrected chi connectivity index (χ1v) is 8.93. The molecule has 0 spiro atoms. The van der Waals surface area contributed by atoms with Gasteiger partial charge in [0.1, 0.15) is 19.8 Å². The van der Waals surface area contributed by atoms with Gasteiger partial charge in [-0.25, -0.2) is 0 Å². The Hall–Kier alpha value is -1.81. The second kappa shape index (κ2) is 14.5. The van der Waals surface area contributed by atoms with Crippen LogP contribution in [0, 0.1) is 0 Å². The molecule has 10 heteroatoms. The maximum Gasteiger partial charge on any atom is 0.316 e. The zero-order valence-corrected chi connectivity index (χ0v) is 15.2. The van der Waals surface area contributed by atoms with Gasteiger partial charge in [-0.3, -0.25) is 19.2 Å². The lowest BCUT2D eigenvalue weighted by molar-refractivity contribution is -0.165. The lowest BCUT2D eigenvalue weighted by atomic mass is 10.4. The van der Waals surface area contributed by atoms with Gasteiger partial charge in [0.2, 0.25) is 0 Å². The highest BCUT2D eigenvalue weighted by Crippen LogP contribution is 2.04. The lowest BCUT2D eigenvalue weighted by Crippen LogP contribution is -2.31. The fraction of sp³-hybridized carbons (Fsp3) is 0.733. The van der Waals surface area contributed by atoms with Crippen LogP contribution in [0.5, 0.6) is 0 Å². The number of thioether (sulfide) groups is 1. The molecule has 0 heterocycles. The van der Waals surface area contributed by atoms with Gasteiger partial charge in [-0.1, -0.05) is 13.8 Å². The van der Waals surface area contributed by atoms with Crippen LogP contribution in [0.4, 0.5) is 0 Å². The molecule has 0 aliphatic rings. The second-order valence-electron chi connectivity index (χ2n) is 4.62. The van der Waals surface area contributed by atoms with Gasteiger partial charge in [-0.05, 0) is 0 Å². The Morgan fingerprint density at radius 1 is 0.840 bits per heavy atom. The smallest absolute Gasteiger partial charge is 0.316 e. The topological polar surface area (TPSA) is 125 Å². The van der Waals surface area contributed by atoms with Gasteiger partial charge in [-0.15, -0.1) is 11.8 Å². The van der Waals surface area contributed by atoms with Crippen LogP contribution >= 0.6 is 11.8 Å². The third-order valence-electron chi connectivity index (χ3n) is 2.53. The molecule has 0 aliphatic heterocycles. The number of hydrogen-bond donors (Lipinski definition) is 1. The summed E-state index contributed by atoms with van der Waals surface area (Å²) in [5.41, 5.74) is 0. The molecule has 0 amide bonds. The van der Waals surface area contributed by atoms with E-state index >= 15 is 0 Å². The van der Waals surface area contributed by atoms with E-state index in [9.17, 15) is 19.2 Å².